The summed E-state index contributed by atoms with van der Waals surface area (Å²) in [4.78, 5) is 21.7. The van der Waals surface area contributed by atoms with E-state index in [2.05, 4.69) is 20.7 Å². The monoisotopic (exact) mass is 437 g/mol. The number of nitro groups is 1. The maximum Gasteiger partial charge on any atom is 0.287 e. The Morgan fingerprint density at radius 1 is 1.31 bits per heavy atom. The first kappa shape index (κ1) is 19.6. The minimum atomic E-state index is -4.07. The van der Waals surface area contributed by atoms with Crippen LogP contribution in [0, 0.1) is 28.4 Å². The zero-order valence-electron chi connectivity index (χ0n) is 13.6. The van der Waals surface area contributed by atoms with E-state index in [1.807, 2.05) is 0 Å². The van der Waals surface area contributed by atoms with E-state index in [4.69, 9.17) is 5.26 Å². The minimum absolute atomic E-state index is 0.0412. The van der Waals surface area contributed by atoms with Gasteiger partial charge in [-0.25, -0.2) is 8.42 Å². The van der Waals surface area contributed by atoms with Crippen LogP contribution in [-0.2, 0) is 10.0 Å². The highest BCUT2D eigenvalue weighted by molar-refractivity contribution is 9.10. The normalized spacial score (nSPS) is 10.8. The molecule has 0 spiro atoms. The molecule has 10 heteroatoms. The number of benzene rings is 2. The van der Waals surface area contributed by atoms with Crippen LogP contribution in [0.3, 0.4) is 0 Å². The molecule has 0 atom stereocenters. The summed E-state index contributed by atoms with van der Waals surface area (Å²) in [6.45, 7) is 2.79. The largest absolute Gasteiger partial charge is 0.294 e. The fourth-order valence-electron chi connectivity index (χ4n) is 2.19. The van der Waals surface area contributed by atoms with Crippen LogP contribution in [-0.4, -0.2) is 19.1 Å². The zero-order chi connectivity index (χ0) is 19.6. The number of hydrogen-bond donors (Lipinski definition) is 1. The van der Waals surface area contributed by atoms with Crippen LogP contribution in [0.4, 0.5) is 11.4 Å². The highest BCUT2D eigenvalue weighted by Crippen LogP contribution is 2.29. The number of hydrogen-bond acceptors (Lipinski definition) is 6. The van der Waals surface area contributed by atoms with Crippen LogP contribution >= 0.6 is 15.9 Å². The predicted octanol–water partition coefficient (Wildman–Crippen LogP) is 3.54. The first-order valence-electron chi connectivity index (χ1n) is 7.09. The van der Waals surface area contributed by atoms with Gasteiger partial charge in [0.2, 0.25) is 0 Å². The Balaban J connectivity index is 2.51. The van der Waals surface area contributed by atoms with E-state index in [0.717, 1.165) is 12.1 Å². The summed E-state index contributed by atoms with van der Waals surface area (Å²) >= 11 is 3.18. The molecule has 8 nitrogen and oxygen atoms in total. The van der Waals surface area contributed by atoms with Crippen LogP contribution < -0.4 is 4.72 Å². The lowest BCUT2D eigenvalue weighted by atomic mass is 10.1. The standard InChI is InChI=1S/C16H12BrN3O5S/c1-9-5-16(20(22)23)11(8-18)6-15(9)19-26(24,25)12-3-4-14(17)13(7-12)10(2)21/h3-7,19H,1-2H3. The van der Waals surface area contributed by atoms with Gasteiger partial charge in [-0.1, -0.05) is 15.9 Å². The van der Waals surface area contributed by atoms with Gasteiger partial charge in [-0.15, -0.1) is 0 Å². The van der Waals surface area contributed by atoms with Gasteiger partial charge in [0.1, 0.15) is 11.6 Å². The molecule has 0 amide bonds. The molecule has 1 N–H and O–H groups in total. The summed E-state index contributed by atoms with van der Waals surface area (Å²) in [5.74, 6) is -0.313. The van der Waals surface area contributed by atoms with Gasteiger partial charge in [0.05, 0.1) is 15.5 Å². The number of nitrogens with one attached hydrogen (secondary N) is 1. The number of aryl methyl sites for hydroxylation is 1. The summed E-state index contributed by atoms with van der Waals surface area (Å²) < 4.78 is 28.0. The second-order valence-electron chi connectivity index (χ2n) is 5.36. The number of anilines is 1. The maximum absolute atomic E-state index is 12.6. The molecule has 0 aliphatic carbocycles. The maximum atomic E-state index is 12.6. The molecule has 0 saturated heterocycles. The van der Waals surface area contributed by atoms with Crippen LogP contribution in [0.25, 0.3) is 0 Å². The Labute approximate surface area is 157 Å². The smallest absolute Gasteiger partial charge is 0.287 e. The summed E-state index contributed by atoms with van der Waals surface area (Å²) in [5.41, 5.74) is -0.150. The van der Waals surface area contributed by atoms with Gasteiger partial charge in [-0.2, -0.15) is 5.26 Å². The molecule has 0 saturated carbocycles. The van der Waals surface area contributed by atoms with Crippen LogP contribution in [0.15, 0.2) is 39.7 Å². The van der Waals surface area contributed by atoms with Crippen molar-refractivity contribution in [2.24, 2.45) is 0 Å². The molecular weight excluding hydrogens is 426 g/mol. The van der Waals surface area contributed by atoms with Crippen molar-refractivity contribution in [1.29, 1.82) is 5.26 Å². The fourth-order valence-corrected chi connectivity index (χ4v) is 3.86. The van der Waals surface area contributed by atoms with Crippen molar-refractivity contribution < 1.29 is 18.1 Å². The van der Waals surface area contributed by atoms with Gasteiger partial charge in [0.15, 0.2) is 5.78 Å². The second-order valence-corrected chi connectivity index (χ2v) is 7.89. The summed E-state index contributed by atoms with van der Waals surface area (Å²) in [6, 6.07) is 7.88. The molecule has 0 heterocycles. The molecule has 0 radical (unpaired) electrons. The van der Waals surface area contributed by atoms with Crippen molar-refractivity contribution in [3.05, 3.63) is 61.6 Å². The van der Waals surface area contributed by atoms with E-state index in [9.17, 15) is 23.3 Å². The molecule has 134 valence electrons. The van der Waals surface area contributed by atoms with Gasteiger partial charge in [0, 0.05) is 16.1 Å². The number of nitriles is 1. The van der Waals surface area contributed by atoms with E-state index in [0.29, 0.717) is 4.47 Å². The average Bonchev–Trinajstić information content (AvgIpc) is 2.55. The summed E-state index contributed by atoms with van der Waals surface area (Å²) in [5, 5.41) is 20.0. The number of nitro benzene ring substituents is 1. The van der Waals surface area contributed by atoms with Gasteiger partial charge < -0.3 is 0 Å². The van der Waals surface area contributed by atoms with E-state index >= 15 is 0 Å². The number of rotatable bonds is 5. The third-order valence-electron chi connectivity index (χ3n) is 3.53. The first-order valence-corrected chi connectivity index (χ1v) is 9.37. The molecule has 2 aromatic carbocycles. The minimum Gasteiger partial charge on any atom is -0.294 e. The van der Waals surface area contributed by atoms with Crippen molar-refractivity contribution in [1.82, 2.24) is 0 Å². The SMILES string of the molecule is CC(=O)c1cc(S(=O)(=O)Nc2cc(C#N)c([N+](=O)[O-])cc2C)ccc1Br. The number of carbonyl (C=O) groups is 1. The van der Waals surface area contributed by atoms with E-state index < -0.39 is 20.6 Å². The Morgan fingerprint density at radius 3 is 2.50 bits per heavy atom. The van der Waals surface area contributed by atoms with Crippen LogP contribution in [0.5, 0.6) is 0 Å². The molecule has 0 fully saturated rings. The number of sulfonamides is 1. The average molecular weight is 438 g/mol. The number of carbonyl (C=O) groups excluding carboxylic acids is 1. The van der Waals surface area contributed by atoms with E-state index in [1.54, 1.807) is 6.07 Å². The second kappa shape index (κ2) is 7.23. The Kier molecular flexibility index (Phi) is 5.44. The number of ketones is 1. The Morgan fingerprint density at radius 2 is 1.96 bits per heavy atom. The number of Topliss-reactive ketones (excluding diaryl/α,β-unsaturated/α-hetero) is 1. The number of halogens is 1. The molecule has 26 heavy (non-hydrogen) atoms. The predicted molar refractivity (Wildman–Crippen MR) is 97.5 cm³/mol. The molecule has 2 aromatic rings. The third-order valence-corrected chi connectivity index (χ3v) is 5.59. The van der Waals surface area contributed by atoms with Gasteiger partial charge in [-0.05, 0) is 43.7 Å². The summed E-state index contributed by atoms with van der Waals surface area (Å²) in [6.07, 6.45) is 0. The Bertz CT molecular complexity index is 1070. The van der Waals surface area contributed by atoms with Crippen LogP contribution in [0.1, 0.15) is 28.4 Å². The van der Waals surface area contributed by atoms with Gasteiger partial charge in [0.25, 0.3) is 15.7 Å². The first-order chi connectivity index (χ1) is 12.1. The van der Waals surface area contributed by atoms with Crippen molar-refractivity contribution in [2.45, 2.75) is 18.7 Å². The van der Waals surface area contributed by atoms with Crippen molar-refractivity contribution in [3.63, 3.8) is 0 Å². The lowest BCUT2D eigenvalue weighted by molar-refractivity contribution is -0.385. The van der Waals surface area contributed by atoms with Crippen molar-refractivity contribution >= 4 is 43.1 Å². The fraction of sp³-hybridized carbons (Fsp3) is 0.125. The zero-order valence-corrected chi connectivity index (χ0v) is 16.0. The molecular formula is C16H12BrN3O5S. The quantitative estimate of drug-likeness (QED) is 0.432. The van der Waals surface area contributed by atoms with Crippen molar-refractivity contribution in [3.8, 4) is 6.07 Å². The third kappa shape index (κ3) is 3.89. The van der Waals surface area contributed by atoms with E-state index in [-0.39, 0.29) is 33.1 Å². The molecule has 0 unspecified atom stereocenters. The molecule has 2 rings (SSSR count). The van der Waals surface area contributed by atoms with E-state index in [1.165, 1.54) is 32.0 Å². The van der Waals surface area contributed by atoms with Gasteiger partial charge >= 0.3 is 0 Å². The molecule has 0 bridgehead atoms. The lowest BCUT2D eigenvalue weighted by Crippen LogP contribution is -2.15. The van der Waals surface area contributed by atoms with Gasteiger partial charge in [-0.3, -0.25) is 19.6 Å². The molecule has 0 aliphatic rings. The molecule has 0 aliphatic heterocycles. The highest BCUT2D eigenvalue weighted by Gasteiger charge is 2.21. The topological polar surface area (TPSA) is 130 Å². The summed E-state index contributed by atoms with van der Waals surface area (Å²) in [7, 11) is -4.07. The molecule has 0 aromatic heterocycles. The lowest BCUT2D eigenvalue weighted by Gasteiger charge is -2.12. The van der Waals surface area contributed by atoms with Crippen molar-refractivity contribution in [2.75, 3.05) is 4.72 Å². The highest BCUT2D eigenvalue weighted by atomic mass is 79.9. The van der Waals surface area contributed by atoms with Crippen LogP contribution in [0.2, 0.25) is 0 Å². The number of nitrogens with zero attached hydrogens (tertiary/aromatic N) is 2. The Hall–Kier alpha value is -2.77.